The predicted molar refractivity (Wildman–Crippen MR) is 136 cm³/mol. The topological polar surface area (TPSA) is 77.7 Å². The summed E-state index contributed by atoms with van der Waals surface area (Å²) in [6.45, 7) is 4.24. The van der Waals surface area contributed by atoms with Gasteiger partial charge < -0.3 is 4.98 Å². The Balaban J connectivity index is 0.000000442. The van der Waals surface area contributed by atoms with Crippen LogP contribution in [0.25, 0.3) is 20.7 Å². The Hall–Kier alpha value is 0.784. The maximum atomic E-state index is 12.6. The summed E-state index contributed by atoms with van der Waals surface area (Å²) in [7, 11) is 0. The van der Waals surface area contributed by atoms with Gasteiger partial charge in [0.05, 0.1) is 17.8 Å². The van der Waals surface area contributed by atoms with Crippen LogP contribution in [0.2, 0.25) is 0 Å². The zero-order chi connectivity index (χ0) is 19.8. The van der Waals surface area contributed by atoms with Crippen LogP contribution >= 0.6 is 71.3 Å². The molecule has 0 spiro atoms. The number of piperidine rings is 3. The van der Waals surface area contributed by atoms with Crippen molar-refractivity contribution in [2.75, 3.05) is 13.1 Å². The first-order chi connectivity index (χ1) is 13.4. The van der Waals surface area contributed by atoms with Crippen LogP contribution in [-0.2, 0) is 4.92 Å². The van der Waals surface area contributed by atoms with Crippen molar-refractivity contribution in [3.63, 3.8) is 0 Å². The Bertz CT molecular complexity index is 1020. The number of hydrogen-bond donors (Lipinski definition) is 2. The first-order valence-electron chi connectivity index (χ1n) is 8.98. The van der Waals surface area contributed by atoms with E-state index in [2.05, 4.69) is 80.0 Å². The van der Waals surface area contributed by atoms with Crippen molar-refractivity contribution in [1.29, 1.82) is 0 Å². The molecule has 0 saturated carbocycles. The van der Waals surface area contributed by atoms with Gasteiger partial charge in [0.25, 0.3) is 5.56 Å². The van der Waals surface area contributed by atoms with Crippen LogP contribution in [0.15, 0.2) is 17.1 Å². The van der Waals surface area contributed by atoms with Crippen molar-refractivity contribution < 1.29 is 4.92 Å². The number of nitrogens with one attached hydrogen (secondary N) is 2. The van der Waals surface area contributed by atoms with Crippen molar-refractivity contribution in [3.8, 4) is 10.4 Å². The van der Waals surface area contributed by atoms with Crippen LogP contribution in [0, 0.1) is 12.8 Å². The Morgan fingerprint density at radius 3 is 2.57 bits per heavy atom. The number of aromatic nitrogens is 4. The summed E-state index contributed by atoms with van der Waals surface area (Å²) in [5.74, 6) is 1.62. The molecule has 11 heteroatoms. The number of aromatic amines is 2. The third-order valence-corrected chi connectivity index (χ3v) is 6.62. The summed E-state index contributed by atoms with van der Waals surface area (Å²) < 4.78 is 0.699. The molecular formula is C17H19I3N5OSV. The van der Waals surface area contributed by atoms with Gasteiger partial charge in [0.2, 0.25) is 0 Å². The molecule has 2 N–H and O–H groups in total. The van der Waals surface area contributed by atoms with Gasteiger partial charge in [-0.25, -0.2) is 4.98 Å². The van der Waals surface area contributed by atoms with Gasteiger partial charge in [0, 0.05) is 16.1 Å². The van der Waals surface area contributed by atoms with Crippen molar-refractivity contribution in [1.82, 2.24) is 25.1 Å². The van der Waals surface area contributed by atoms with Gasteiger partial charge in [0.1, 0.15) is 10.5 Å². The van der Waals surface area contributed by atoms with E-state index in [1.807, 2.05) is 13.0 Å². The molecule has 6 heterocycles. The van der Waals surface area contributed by atoms with Crippen LogP contribution < -0.4 is 5.56 Å². The first-order valence-corrected chi connectivity index (χ1v) is 23.3. The van der Waals surface area contributed by atoms with Crippen LogP contribution in [0.5, 0.6) is 0 Å². The molecule has 3 aromatic rings. The summed E-state index contributed by atoms with van der Waals surface area (Å²) in [6, 6.07) is 2.29. The molecule has 0 amide bonds. The molecule has 28 heavy (non-hydrogen) atoms. The van der Waals surface area contributed by atoms with E-state index in [9.17, 15) is 4.79 Å². The van der Waals surface area contributed by atoms with Gasteiger partial charge >= 0.3 is 64.9 Å². The normalized spacial score (nSPS) is 23.8. The minimum atomic E-state index is -0.278. The van der Waals surface area contributed by atoms with Crippen LogP contribution in [0.3, 0.4) is 0 Å². The fraction of sp³-hybridized carbons (Fsp3) is 0.471. The summed E-state index contributed by atoms with van der Waals surface area (Å²) in [6.07, 6.45) is 5.49. The number of aryl methyl sites for hydroxylation is 1. The Labute approximate surface area is 204 Å². The zero-order valence-corrected chi connectivity index (χ0v) is 23.8. The van der Waals surface area contributed by atoms with Crippen LogP contribution in [-0.4, -0.2) is 38.2 Å². The number of thiophene rings is 1. The molecule has 3 aromatic heterocycles. The van der Waals surface area contributed by atoms with E-state index >= 15 is 0 Å². The van der Waals surface area contributed by atoms with E-state index in [1.54, 1.807) is 6.20 Å². The van der Waals surface area contributed by atoms with Gasteiger partial charge in [-0.15, -0.1) is 11.3 Å². The third-order valence-electron chi connectivity index (χ3n) is 5.46. The molecule has 6 rings (SSSR count). The molecule has 1 unspecified atom stereocenters. The van der Waals surface area contributed by atoms with E-state index in [-0.39, 0.29) is 16.5 Å². The molecular weight excluding hydrogens is 754 g/mol. The molecule has 150 valence electrons. The second kappa shape index (κ2) is 9.51. The molecule has 3 saturated heterocycles. The average Bonchev–Trinajstić information content (AvgIpc) is 3.28. The van der Waals surface area contributed by atoms with Crippen molar-refractivity contribution in [3.05, 3.63) is 34.1 Å². The molecule has 3 aliphatic rings. The number of fused-ring (bicyclic) bond motifs is 4. The average molecular weight is 773 g/mol. The quantitative estimate of drug-likeness (QED) is 0.338. The maximum absolute atomic E-state index is 12.6. The molecule has 3 fully saturated rings. The zero-order valence-electron chi connectivity index (χ0n) is 15.1. The minimum absolute atomic E-state index is 0.0185. The van der Waals surface area contributed by atoms with Crippen LogP contribution in [0.1, 0.15) is 36.8 Å². The number of H-pyrrole nitrogens is 2. The van der Waals surface area contributed by atoms with Gasteiger partial charge in [-0.1, -0.05) is 0 Å². The van der Waals surface area contributed by atoms with Crippen molar-refractivity contribution in [2.45, 2.75) is 32.2 Å². The van der Waals surface area contributed by atoms with E-state index in [0.29, 0.717) is 4.70 Å². The van der Waals surface area contributed by atoms with Gasteiger partial charge in [-0.05, 0) is 51.3 Å². The molecule has 0 aromatic carbocycles. The standard InChI is InChI=1S/C17H19N5OS.3HI.V/c1-9-11(8-18-21-9)14-7-12-15(24-14)17(23)20-16(19-12)13-6-10-2-4-22(13)5-3-10;;;;/h7-8,10,13H,2-6H2,1H3,(H,18,21)(H,19,20,23);3*1H;/q;;;;+3/p-3. The van der Waals surface area contributed by atoms with Gasteiger partial charge in [0.15, 0.2) is 0 Å². The molecule has 6 nitrogen and oxygen atoms in total. The first kappa shape index (κ1) is 22.0. The van der Waals surface area contributed by atoms with Crippen LogP contribution in [0.4, 0.5) is 0 Å². The molecule has 2 bridgehead atoms. The summed E-state index contributed by atoms with van der Waals surface area (Å²) >= 11 is 8.87. The number of halogens is 3. The second-order valence-corrected chi connectivity index (χ2v) is 43.5. The second-order valence-electron chi connectivity index (χ2n) is 7.11. The summed E-state index contributed by atoms with van der Waals surface area (Å²) in [5.41, 5.74) is 2.83. The van der Waals surface area contributed by atoms with E-state index in [4.69, 9.17) is 4.98 Å². The third kappa shape index (κ3) is 4.82. The molecule has 3 aliphatic heterocycles. The number of nitrogens with zero attached hydrogens (tertiary/aromatic N) is 3. The van der Waals surface area contributed by atoms with Crippen molar-refractivity contribution >= 4 is 81.5 Å². The fourth-order valence-corrected chi connectivity index (χ4v) is 5.16. The summed E-state index contributed by atoms with van der Waals surface area (Å²) in [4.78, 5) is 23.7. The van der Waals surface area contributed by atoms with Crippen molar-refractivity contribution in [2.24, 2.45) is 5.92 Å². The fourth-order valence-electron chi connectivity index (χ4n) is 4.10. The van der Waals surface area contributed by atoms with Gasteiger partial charge in [-0.2, -0.15) is 5.10 Å². The SMILES string of the molecule is Cc1[nH]ncc1-c1cc2nc(C3CC4CCN3CC4)[nH]c(=O)c2s1.[I][V]([I])[I]. The predicted octanol–water partition coefficient (Wildman–Crippen LogP) is 5.49. The number of hydrogen-bond acceptors (Lipinski definition) is 5. The van der Waals surface area contributed by atoms with Gasteiger partial charge in [-0.3, -0.25) is 14.8 Å². The summed E-state index contributed by atoms with van der Waals surface area (Å²) in [5, 5.41) is 7.03. The van der Waals surface area contributed by atoms with E-state index < -0.39 is 0 Å². The Morgan fingerprint density at radius 1 is 1.29 bits per heavy atom. The van der Waals surface area contributed by atoms with E-state index in [0.717, 1.165) is 52.9 Å². The Kier molecular flexibility index (Phi) is 7.47. The molecule has 1 atom stereocenters. The number of rotatable bonds is 2. The molecule has 0 aliphatic carbocycles. The van der Waals surface area contributed by atoms with E-state index in [1.165, 1.54) is 24.2 Å². The Morgan fingerprint density at radius 2 is 2.00 bits per heavy atom. The molecule has 0 radical (unpaired) electrons. The monoisotopic (exact) mass is 773 g/mol.